The summed E-state index contributed by atoms with van der Waals surface area (Å²) >= 11 is 0. The Morgan fingerprint density at radius 2 is 1.18 bits per heavy atom. The highest BCUT2D eigenvalue weighted by Gasteiger charge is 2.16. The lowest BCUT2D eigenvalue weighted by molar-refractivity contribution is 0.445. The fourth-order valence-electron chi connectivity index (χ4n) is 3.14. The van der Waals surface area contributed by atoms with Crippen molar-refractivity contribution in [1.29, 1.82) is 0 Å². The molecule has 1 unspecified atom stereocenters. The molecule has 0 amide bonds. The molecule has 0 saturated carbocycles. The first kappa shape index (κ1) is 29.9. The van der Waals surface area contributed by atoms with E-state index in [4.69, 9.17) is 5.11 Å². The van der Waals surface area contributed by atoms with Crippen LogP contribution in [0.5, 0.6) is 23.0 Å². The summed E-state index contributed by atoms with van der Waals surface area (Å²) in [4.78, 5) is 0. The van der Waals surface area contributed by atoms with Gasteiger partial charge in [-0.15, -0.1) is 0 Å². The summed E-state index contributed by atoms with van der Waals surface area (Å²) in [5.41, 5.74) is 1.80. The zero-order chi connectivity index (χ0) is 25.1. The van der Waals surface area contributed by atoms with Crippen molar-refractivity contribution in [3.8, 4) is 23.0 Å². The van der Waals surface area contributed by atoms with Crippen molar-refractivity contribution < 1.29 is 20.4 Å². The second-order valence-electron chi connectivity index (χ2n) is 7.50. The van der Waals surface area contributed by atoms with E-state index in [9.17, 15) is 15.3 Å². The van der Waals surface area contributed by atoms with E-state index < -0.39 is 0 Å². The monoisotopic (exact) mass is 454 g/mol. The highest BCUT2D eigenvalue weighted by molar-refractivity contribution is 5.40. The summed E-state index contributed by atoms with van der Waals surface area (Å²) < 4.78 is 0. The van der Waals surface area contributed by atoms with E-state index in [1.165, 1.54) is 12.5 Å². The number of aromatic hydroxyl groups is 4. The van der Waals surface area contributed by atoms with Crippen LogP contribution in [0.15, 0.2) is 72.8 Å². The minimum absolute atomic E-state index is 0.0662. The number of unbranched alkanes of at least 4 members (excludes halogenated alkanes) is 1. The first-order valence-electron chi connectivity index (χ1n) is 11.9. The van der Waals surface area contributed by atoms with Gasteiger partial charge in [-0.05, 0) is 60.2 Å². The number of para-hydroxylation sites is 2. The van der Waals surface area contributed by atoms with Crippen LogP contribution in [0.4, 0.5) is 0 Å². The van der Waals surface area contributed by atoms with Crippen LogP contribution in [0.1, 0.15) is 77.3 Å². The van der Waals surface area contributed by atoms with Crippen LogP contribution in [-0.4, -0.2) is 20.4 Å². The van der Waals surface area contributed by atoms with E-state index >= 15 is 0 Å². The maximum atomic E-state index is 10.1. The highest BCUT2D eigenvalue weighted by atomic mass is 16.3. The predicted octanol–water partition coefficient (Wildman–Crippen LogP) is 8.15. The second kappa shape index (κ2) is 18.4. The molecule has 0 heterocycles. The van der Waals surface area contributed by atoms with Gasteiger partial charge in [0.1, 0.15) is 23.0 Å². The van der Waals surface area contributed by atoms with E-state index in [0.717, 1.165) is 30.4 Å². The van der Waals surface area contributed by atoms with Crippen molar-refractivity contribution in [1.82, 2.24) is 0 Å². The molecule has 0 aliphatic heterocycles. The molecule has 0 aromatic heterocycles. The number of rotatable bonds is 6. The Bertz CT molecular complexity index is 842. The predicted molar refractivity (Wildman–Crippen MR) is 139 cm³/mol. The fraction of sp³-hybridized carbons (Fsp3) is 0.379. The lowest BCUT2D eigenvalue weighted by Gasteiger charge is -2.19. The minimum atomic E-state index is 0.0662. The molecule has 0 fully saturated rings. The van der Waals surface area contributed by atoms with Gasteiger partial charge in [0, 0.05) is 6.07 Å². The summed E-state index contributed by atoms with van der Waals surface area (Å²) in [6.45, 7) is 10.4. The quantitative estimate of drug-likeness (QED) is 0.303. The molecule has 3 aromatic rings. The Morgan fingerprint density at radius 3 is 1.64 bits per heavy atom. The highest BCUT2D eigenvalue weighted by Crippen LogP contribution is 2.33. The SMILES string of the molecule is CC.CCC.CCCCC(Cc1cc(O)cc(O)c1)c1ccccc1O.Oc1ccccc1. The van der Waals surface area contributed by atoms with Crippen molar-refractivity contribution in [2.75, 3.05) is 0 Å². The van der Waals surface area contributed by atoms with Gasteiger partial charge in [-0.2, -0.15) is 0 Å². The number of phenols is 4. The lowest BCUT2D eigenvalue weighted by Crippen LogP contribution is -2.04. The van der Waals surface area contributed by atoms with Crippen molar-refractivity contribution in [3.63, 3.8) is 0 Å². The molecule has 0 radical (unpaired) electrons. The molecule has 1 atom stereocenters. The van der Waals surface area contributed by atoms with Crippen molar-refractivity contribution in [2.45, 2.75) is 72.6 Å². The van der Waals surface area contributed by atoms with Gasteiger partial charge in [0.15, 0.2) is 0 Å². The molecule has 0 bridgehead atoms. The van der Waals surface area contributed by atoms with Crippen LogP contribution in [-0.2, 0) is 6.42 Å². The molecule has 0 saturated heterocycles. The molecule has 4 heteroatoms. The summed E-state index contributed by atoms with van der Waals surface area (Å²) in [6.07, 6.45) is 5.06. The Kier molecular flexibility index (Phi) is 16.7. The van der Waals surface area contributed by atoms with Gasteiger partial charge in [0.05, 0.1) is 0 Å². The van der Waals surface area contributed by atoms with E-state index in [2.05, 4.69) is 20.8 Å². The van der Waals surface area contributed by atoms with Crippen LogP contribution in [0.2, 0.25) is 0 Å². The van der Waals surface area contributed by atoms with E-state index in [1.54, 1.807) is 42.5 Å². The average molecular weight is 455 g/mol. The third-order valence-electron chi connectivity index (χ3n) is 4.48. The van der Waals surface area contributed by atoms with E-state index in [-0.39, 0.29) is 17.4 Å². The van der Waals surface area contributed by atoms with E-state index in [0.29, 0.717) is 17.9 Å². The zero-order valence-electron chi connectivity index (χ0n) is 20.8. The van der Waals surface area contributed by atoms with Crippen LogP contribution in [0.3, 0.4) is 0 Å². The van der Waals surface area contributed by atoms with E-state index in [1.807, 2.05) is 38.1 Å². The number of phenolic OH excluding ortho intramolecular Hbond substituents is 4. The van der Waals surface area contributed by atoms with Crippen LogP contribution < -0.4 is 0 Å². The summed E-state index contributed by atoms with van der Waals surface area (Å²) in [5.74, 6) is 0.936. The number of hydrogen-bond acceptors (Lipinski definition) is 4. The molecule has 0 spiro atoms. The van der Waals surface area contributed by atoms with Gasteiger partial charge in [-0.1, -0.05) is 90.3 Å². The molecule has 4 nitrogen and oxygen atoms in total. The smallest absolute Gasteiger partial charge is 0.119 e. The molecule has 0 aliphatic carbocycles. The van der Waals surface area contributed by atoms with Crippen LogP contribution in [0, 0.1) is 0 Å². The van der Waals surface area contributed by atoms with Gasteiger partial charge in [0.2, 0.25) is 0 Å². The minimum Gasteiger partial charge on any atom is -0.508 e. The van der Waals surface area contributed by atoms with Crippen molar-refractivity contribution >= 4 is 0 Å². The third-order valence-corrected chi connectivity index (χ3v) is 4.48. The molecule has 3 rings (SSSR count). The standard InChI is InChI=1S/C18H22O3.C6H6O.C3H8.C2H6/c1-2-3-6-14(17-7-4-5-8-18(17)21)9-13-10-15(19)12-16(20)11-13;7-6-4-2-1-3-5-6;1-3-2;1-2/h4-5,7-8,10-12,14,19-21H,2-3,6,9H2,1H3;1-5,7H;3H2,1-2H3;1-2H3. The molecule has 3 aromatic carbocycles. The molecule has 182 valence electrons. The maximum Gasteiger partial charge on any atom is 0.119 e. The molecule has 33 heavy (non-hydrogen) atoms. The van der Waals surface area contributed by atoms with Crippen LogP contribution in [0.25, 0.3) is 0 Å². The third kappa shape index (κ3) is 13.1. The summed E-state index contributed by atoms with van der Waals surface area (Å²) in [5, 5.41) is 37.9. The van der Waals surface area contributed by atoms with Gasteiger partial charge in [-0.25, -0.2) is 0 Å². The molecular weight excluding hydrogens is 412 g/mol. The average Bonchev–Trinajstić information content (AvgIpc) is 2.79. The van der Waals surface area contributed by atoms with Gasteiger partial charge < -0.3 is 20.4 Å². The topological polar surface area (TPSA) is 80.9 Å². The van der Waals surface area contributed by atoms with Gasteiger partial charge in [-0.3, -0.25) is 0 Å². The Hall–Kier alpha value is -3.14. The number of benzene rings is 3. The van der Waals surface area contributed by atoms with Crippen molar-refractivity contribution in [3.05, 3.63) is 83.9 Å². The largest absolute Gasteiger partial charge is 0.508 e. The van der Waals surface area contributed by atoms with Crippen LogP contribution >= 0.6 is 0 Å². The fourth-order valence-corrected chi connectivity index (χ4v) is 3.14. The first-order chi connectivity index (χ1) is 15.9. The first-order valence-corrected chi connectivity index (χ1v) is 11.9. The zero-order valence-corrected chi connectivity index (χ0v) is 20.8. The number of hydrogen-bond donors (Lipinski definition) is 4. The van der Waals surface area contributed by atoms with Gasteiger partial charge >= 0.3 is 0 Å². The Balaban J connectivity index is 0.000000704. The van der Waals surface area contributed by atoms with Gasteiger partial charge in [0.25, 0.3) is 0 Å². The second-order valence-corrected chi connectivity index (χ2v) is 7.50. The summed E-state index contributed by atoms with van der Waals surface area (Å²) in [7, 11) is 0. The Morgan fingerprint density at radius 1 is 0.667 bits per heavy atom. The lowest BCUT2D eigenvalue weighted by atomic mass is 9.87. The Labute approximate surface area is 200 Å². The maximum absolute atomic E-state index is 10.1. The summed E-state index contributed by atoms with van der Waals surface area (Å²) in [6, 6.07) is 20.8. The molecular formula is C29H42O4. The molecule has 0 aliphatic rings. The van der Waals surface area contributed by atoms with Crippen molar-refractivity contribution in [2.24, 2.45) is 0 Å². The normalized spacial score (nSPS) is 10.3. The molecule has 4 N–H and O–H groups in total.